The zero-order valence-corrected chi connectivity index (χ0v) is 14.2. The van der Waals surface area contributed by atoms with E-state index in [1.54, 1.807) is 0 Å². The Morgan fingerprint density at radius 1 is 0.769 bits per heavy atom. The Labute approximate surface area is 152 Å². The van der Waals surface area contributed by atoms with Crippen molar-refractivity contribution in [3.05, 3.63) is 84.9 Å². The van der Waals surface area contributed by atoms with Crippen LogP contribution in [-0.4, -0.2) is 18.7 Å². The van der Waals surface area contributed by atoms with Gasteiger partial charge in [-0.05, 0) is 48.5 Å². The Kier molecular flexibility index (Phi) is 4.56. The Hall–Kier alpha value is -3.27. The number of nitrogens with zero attached hydrogens (tertiary/aromatic N) is 1. The number of benzene rings is 3. The Bertz CT molecular complexity index is 823. The molecule has 4 nitrogen and oxygen atoms in total. The van der Waals surface area contributed by atoms with Crippen LogP contribution in [-0.2, 0) is 9.53 Å². The number of cyclic esters (lactones) is 1. The van der Waals surface area contributed by atoms with Crippen molar-refractivity contribution >= 4 is 23.0 Å². The lowest BCUT2D eigenvalue weighted by Gasteiger charge is -2.25. The molecule has 0 saturated carbocycles. The van der Waals surface area contributed by atoms with E-state index in [1.807, 2.05) is 60.7 Å². The normalized spacial score (nSPS) is 16.2. The van der Waals surface area contributed by atoms with Crippen molar-refractivity contribution in [2.75, 3.05) is 11.5 Å². The molecule has 3 aromatic carbocycles. The van der Waals surface area contributed by atoms with Crippen LogP contribution in [0.1, 0.15) is 6.42 Å². The fourth-order valence-corrected chi connectivity index (χ4v) is 3.03. The molecule has 1 saturated heterocycles. The van der Waals surface area contributed by atoms with Gasteiger partial charge in [0.05, 0.1) is 6.42 Å². The number of esters is 1. The predicted molar refractivity (Wildman–Crippen MR) is 101 cm³/mol. The molecule has 0 N–H and O–H groups in total. The molecular weight excluding hydrogens is 326 g/mol. The molecule has 130 valence electrons. The molecule has 1 atom stereocenters. The summed E-state index contributed by atoms with van der Waals surface area (Å²) < 4.78 is 10.8. The van der Waals surface area contributed by atoms with E-state index in [0.29, 0.717) is 13.0 Å². The van der Waals surface area contributed by atoms with Crippen molar-refractivity contribution in [1.82, 2.24) is 0 Å². The van der Waals surface area contributed by atoms with Gasteiger partial charge in [-0.2, -0.15) is 0 Å². The predicted octanol–water partition coefficient (Wildman–Crippen LogP) is 4.85. The van der Waals surface area contributed by atoms with Gasteiger partial charge in [-0.25, -0.2) is 0 Å². The topological polar surface area (TPSA) is 38.8 Å². The largest absolute Gasteiger partial charge is 0.486 e. The number of hydrogen-bond donors (Lipinski definition) is 0. The van der Waals surface area contributed by atoms with Gasteiger partial charge >= 0.3 is 5.97 Å². The van der Waals surface area contributed by atoms with Gasteiger partial charge in [0.15, 0.2) is 0 Å². The van der Waals surface area contributed by atoms with Crippen LogP contribution in [0.3, 0.4) is 0 Å². The van der Waals surface area contributed by atoms with Crippen LogP contribution in [0.2, 0.25) is 0 Å². The lowest BCUT2D eigenvalue weighted by molar-refractivity contribution is -0.137. The van der Waals surface area contributed by atoms with Gasteiger partial charge in [-0.15, -0.1) is 0 Å². The average molecular weight is 345 g/mol. The van der Waals surface area contributed by atoms with Crippen LogP contribution in [0.25, 0.3) is 0 Å². The fraction of sp³-hybridized carbons (Fsp3) is 0.136. The Balaban J connectivity index is 1.61. The zero-order valence-electron chi connectivity index (χ0n) is 14.2. The highest BCUT2D eigenvalue weighted by Crippen LogP contribution is 2.35. The molecule has 1 aliphatic heterocycles. The highest BCUT2D eigenvalue weighted by molar-refractivity contribution is 5.76. The van der Waals surface area contributed by atoms with Crippen LogP contribution in [0.5, 0.6) is 5.75 Å². The molecule has 1 fully saturated rings. The van der Waals surface area contributed by atoms with Gasteiger partial charge in [0, 0.05) is 17.1 Å². The zero-order chi connectivity index (χ0) is 17.8. The second-order valence-corrected chi connectivity index (χ2v) is 6.13. The van der Waals surface area contributed by atoms with Gasteiger partial charge in [0.25, 0.3) is 0 Å². The van der Waals surface area contributed by atoms with Crippen LogP contribution < -0.4 is 9.64 Å². The van der Waals surface area contributed by atoms with E-state index in [0.717, 1.165) is 22.8 Å². The number of carbonyl (C=O) groups excluding carboxylic acids is 1. The summed E-state index contributed by atoms with van der Waals surface area (Å²) in [6.07, 6.45) is 0.106. The average Bonchev–Trinajstić information content (AvgIpc) is 3.10. The Morgan fingerprint density at radius 3 is 1.81 bits per heavy atom. The van der Waals surface area contributed by atoms with E-state index in [4.69, 9.17) is 9.47 Å². The van der Waals surface area contributed by atoms with E-state index >= 15 is 0 Å². The third-order valence-electron chi connectivity index (χ3n) is 4.25. The lowest BCUT2D eigenvalue weighted by Crippen LogP contribution is -2.16. The second kappa shape index (κ2) is 7.31. The molecule has 0 aliphatic carbocycles. The summed E-state index contributed by atoms with van der Waals surface area (Å²) in [5.74, 6) is 0.532. The van der Waals surface area contributed by atoms with Crippen LogP contribution in [0, 0.1) is 0 Å². The van der Waals surface area contributed by atoms with Crippen molar-refractivity contribution in [2.24, 2.45) is 0 Å². The highest BCUT2D eigenvalue weighted by atomic mass is 16.6. The molecule has 1 heterocycles. The molecule has 26 heavy (non-hydrogen) atoms. The van der Waals surface area contributed by atoms with Crippen LogP contribution in [0.4, 0.5) is 17.1 Å². The minimum atomic E-state index is -0.203. The first-order valence-electron chi connectivity index (χ1n) is 8.62. The molecule has 4 heteroatoms. The summed E-state index contributed by atoms with van der Waals surface area (Å²) in [4.78, 5) is 13.4. The lowest BCUT2D eigenvalue weighted by atomic mass is 10.2. The van der Waals surface area contributed by atoms with E-state index in [1.165, 1.54) is 0 Å². The number of anilines is 3. The molecule has 0 bridgehead atoms. The van der Waals surface area contributed by atoms with Crippen molar-refractivity contribution in [1.29, 1.82) is 0 Å². The van der Waals surface area contributed by atoms with Gasteiger partial charge in [0.1, 0.15) is 18.5 Å². The summed E-state index contributed by atoms with van der Waals surface area (Å²) in [7, 11) is 0. The maximum absolute atomic E-state index is 11.2. The highest BCUT2D eigenvalue weighted by Gasteiger charge is 2.25. The number of para-hydroxylation sites is 2. The molecule has 0 aromatic heterocycles. The van der Waals surface area contributed by atoms with Crippen molar-refractivity contribution < 1.29 is 14.3 Å². The molecular formula is C22H19NO3. The van der Waals surface area contributed by atoms with Crippen LogP contribution >= 0.6 is 0 Å². The number of rotatable bonds is 5. The number of ether oxygens (including phenoxy) is 2. The minimum Gasteiger partial charge on any atom is -0.486 e. The van der Waals surface area contributed by atoms with E-state index in [-0.39, 0.29) is 12.1 Å². The maximum Gasteiger partial charge on any atom is 0.309 e. The Morgan fingerprint density at radius 2 is 1.31 bits per heavy atom. The fourth-order valence-electron chi connectivity index (χ4n) is 3.03. The first-order chi connectivity index (χ1) is 12.8. The third kappa shape index (κ3) is 3.54. The third-order valence-corrected chi connectivity index (χ3v) is 4.25. The second-order valence-electron chi connectivity index (χ2n) is 6.13. The van der Waals surface area contributed by atoms with Crippen molar-refractivity contribution in [3.8, 4) is 5.75 Å². The quantitative estimate of drug-likeness (QED) is 0.620. The summed E-state index contributed by atoms with van der Waals surface area (Å²) in [5, 5.41) is 0. The standard InChI is InChI=1S/C22H19NO3/c24-22-15-21(16-25-22)26-20-13-11-19(12-14-20)23(17-7-3-1-4-8-17)18-9-5-2-6-10-18/h1-14,21H,15-16H2. The van der Waals surface area contributed by atoms with Gasteiger partial charge in [-0.3, -0.25) is 4.79 Å². The summed E-state index contributed by atoms with van der Waals surface area (Å²) in [5.41, 5.74) is 3.21. The first kappa shape index (κ1) is 16.2. The van der Waals surface area contributed by atoms with E-state index in [2.05, 4.69) is 29.2 Å². The maximum atomic E-state index is 11.2. The molecule has 4 rings (SSSR count). The summed E-state index contributed by atoms with van der Waals surface area (Å²) in [6, 6.07) is 28.4. The molecule has 0 amide bonds. The molecule has 1 aliphatic rings. The van der Waals surface area contributed by atoms with Gasteiger partial charge in [-0.1, -0.05) is 36.4 Å². The first-order valence-corrected chi connectivity index (χ1v) is 8.62. The smallest absolute Gasteiger partial charge is 0.309 e. The van der Waals surface area contributed by atoms with Gasteiger partial charge < -0.3 is 14.4 Å². The molecule has 3 aromatic rings. The van der Waals surface area contributed by atoms with E-state index in [9.17, 15) is 4.79 Å². The molecule has 0 spiro atoms. The minimum absolute atomic E-state index is 0.201. The molecule has 1 unspecified atom stereocenters. The number of hydrogen-bond acceptors (Lipinski definition) is 4. The summed E-state index contributed by atoms with van der Waals surface area (Å²) in [6.45, 7) is 0.320. The number of carbonyl (C=O) groups is 1. The van der Waals surface area contributed by atoms with Crippen LogP contribution in [0.15, 0.2) is 84.9 Å². The van der Waals surface area contributed by atoms with Crippen molar-refractivity contribution in [2.45, 2.75) is 12.5 Å². The molecule has 0 radical (unpaired) electrons. The SMILES string of the molecule is O=C1CC(Oc2ccc(N(c3ccccc3)c3ccccc3)cc2)CO1. The monoisotopic (exact) mass is 345 g/mol. The van der Waals surface area contributed by atoms with E-state index < -0.39 is 0 Å². The summed E-state index contributed by atoms with van der Waals surface area (Å²) >= 11 is 0. The van der Waals surface area contributed by atoms with Crippen molar-refractivity contribution in [3.63, 3.8) is 0 Å². The van der Waals surface area contributed by atoms with Gasteiger partial charge in [0.2, 0.25) is 0 Å².